The summed E-state index contributed by atoms with van der Waals surface area (Å²) >= 11 is 0. The third-order valence-corrected chi connectivity index (χ3v) is 9.00. The molecule has 6 atom stereocenters. The molecule has 4 fully saturated rings. The number of Topliss-reactive ketones (excluding diaryl/α,β-unsaturated/α-hetero) is 1. The van der Waals surface area contributed by atoms with E-state index in [0.717, 1.165) is 36.5 Å². The maximum atomic E-state index is 12.9. The summed E-state index contributed by atoms with van der Waals surface area (Å²) in [7, 11) is 0. The van der Waals surface area contributed by atoms with Crippen LogP contribution < -0.4 is 0 Å². The van der Waals surface area contributed by atoms with Crippen molar-refractivity contribution in [2.75, 3.05) is 0 Å². The van der Waals surface area contributed by atoms with Gasteiger partial charge in [-0.05, 0) is 84.9 Å². The lowest BCUT2D eigenvalue weighted by atomic mass is 9.64. The van der Waals surface area contributed by atoms with Gasteiger partial charge in [0.15, 0.2) is 0 Å². The van der Waals surface area contributed by atoms with Crippen molar-refractivity contribution in [2.45, 2.75) is 79.1 Å². The number of rotatable bonds is 4. The van der Waals surface area contributed by atoms with Gasteiger partial charge in [0.25, 0.3) is 0 Å². The fourth-order valence-electron chi connectivity index (χ4n) is 7.37. The number of ketones is 1. The Balaban J connectivity index is 1.41. The van der Waals surface area contributed by atoms with Crippen LogP contribution in [0.3, 0.4) is 0 Å². The highest BCUT2D eigenvalue weighted by Gasteiger charge is 2.55. The number of hydrogen-bond acceptors (Lipinski definition) is 1. The third-order valence-electron chi connectivity index (χ3n) is 9.00. The molecule has 1 nitrogen and oxygen atoms in total. The van der Waals surface area contributed by atoms with Gasteiger partial charge in [0.2, 0.25) is 0 Å². The van der Waals surface area contributed by atoms with Gasteiger partial charge in [0.05, 0.1) is 0 Å². The van der Waals surface area contributed by atoms with Crippen LogP contribution in [0.2, 0.25) is 0 Å². The van der Waals surface area contributed by atoms with Crippen molar-refractivity contribution in [3.63, 3.8) is 0 Å². The van der Waals surface area contributed by atoms with Crippen LogP contribution in [0.4, 0.5) is 0 Å². The molecule has 0 N–H and O–H groups in total. The van der Waals surface area contributed by atoms with Crippen molar-refractivity contribution in [1.29, 1.82) is 0 Å². The molecule has 0 saturated heterocycles. The lowest BCUT2D eigenvalue weighted by molar-refractivity contribution is -0.124. The molecule has 0 aromatic carbocycles. The van der Waals surface area contributed by atoms with Crippen molar-refractivity contribution in [1.82, 2.24) is 0 Å². The van der Waals surface area contributed by atoms with Crippen molar-refractivity contribution >= 4 is 5.78 Å². The van der Waals surface area contributed by atoms with Crippen LogP contribution in [-0.4, -0.2) is 5.78 Å². The average Bonchev–Trinajstić information content (AvgIpc) is 3.15. The fourth-order valence-corrected chi connectivity index (χ4v) is 7.37. The van der Waals surface area contributed by atoms with E-state index in [4.69, 9.17) is 0 Å². The van der Waals surface area contributed by atoms with Gasteiger partial charge in [-0.1, -0.05) is 27.7 Å². The Morgan fingerprint density at radius 1 is 0.773 bits per heavy atom. The second kappa shape index (κ2) is 4.84. The van der Waals surface area contributed by atoms with Crippen LogP contribution in [0.25, 0.3) is 0 Å². The summed E-state index contributed by atoms with van der Waals surface area (Å²) < 4.78 is 0. The Bertz CT molecular complexity index is 432. The lowest BCUT2D eigenvalue weighted by Crippen LogP contribution is -2.35. The minimum atomic E-state index is 0.419. The molecular formula is C21H34O. The number of hydrogen-bond donors (Lipinski definition) is 0. The molecule has 4 aliphatic rings. The lowest BCUT2D eigenvalue weighted by Gasteiger charge is -2.40. The second-order valence-corrected chi connectivity index (χ2v) is 10.3. The molecule has 4 rings (SSSR count). The zero-order chi connectivity index (χ0) is 15.7. The molecule has 6 unspecified atom stereocenters. The maximum Gasteiger partial charge on any atom is 0.133 e. The van der Waals surface area contributed by atoms with Crippen molar-refractivity contribution in [3.05, 3.63) is 0 Å². The molecule has 22 heavy (non-hydrogen) atoms. The largest absolute Gasteiger partial charge is 0.300 e. The van der Waals surface area contributed by atoms with Crippen LogP contribution in [0.5, 0.6) is 0 Å². The first-order valence-corrected chi connectivity index (χ1v) is 9.82. The average molecular weight is 303 g/mol. The molecule has 4 bridgehead atoms. The van der Waals surface area contributed by atoms with Crippen LogP contribution in [0.1, 0.15) is 79.1 Å². The second-order valence-electron chi connectivity index (χ2n) is 10.3. The molecule has 0 amide bonds. The minimum absolute atomic E-state index is 0.419. The molecule has 0 aromatic rings. The zero-order valence-corrected chi connectivity index (χ0v) is 15.0. The van der Waals surface area contributed by atoms with E-state index in [1.807, 2.05) is 0 Å². The number of fused-ring (bicyclic) bond motifs is 4. The van der Waals surface area contributed by atoms with Crippen LogP contribution >= 0.6 is 0 Å². The summed E-state index contributed by atoms with van der Waals surface area (Å²) in [6.45, 7) is 9.76. The Kier molecular flexibility index (Phi) is 3.34. The zero-order valence-electron chi connectivity index (χ0n) is 15.0. The van der Waals surface area contributed by atoms with Gasteiger partial charge >= 0.3 is 0 Å². The first-order valence-electron chi connectivity index (χ1n) is 9.82. The molecule has 0 spiro atoms. The summed E-state index contributed by atoms with van der Waals surface area (Å²) in [5, 5.41) is 0. The number of carbonyl (C=O) groups excluding carboxylic acids is 1. The molecule has 4 saturated carbocycles. The van der Waals surface area contributed by atoms with E-state index in [9.17, 15) is 4.79 Å². The Morgan fingerprint density at radius 3 is 1.50 bits per heavy atom. The van der Waals surface area contributed by atoms with Gasteiger partial charge in [-0.15, -0.1) is 0 Å². The van der Waals surface area contributed by atoms with E-state index in [1.54, 1.807) is 0 Å². The highest BCUT2D eigenvalue weighted by atomic mass is 16.1. The van der Waals surface area contributed by atoms with Crippen molar-refractivity contribution in [2.24, 2.45) is 46.3 Å². The predicted octanol–water partition coefficient (Wildman–Crippen LogP) is 5.48. The van der Waals surface area contributed by atoms with Gasteiger partial charge in [-0.3, -0.25) is 4.79 Å². The summed E-state index contributed by atoms with van der Waals surface area (Å²) in [6, 6.07) is 0. The summed E-state index contributed by atoms with van der Waals surface area (Å²) in [5.74, 6) is 5.47. The molecule has 4 aliphatic carbocycles. The molecule has 0 heterocycles. The molecule has 1 heteroatoms. The SMILES string of the molecule is CC1(C)C2CCC(C2)C1CC(=O)CC1C2CCC(C2)C1(C)C. The third kappa shape index (κ3) is 2.06. The quantitative estimate of drug-likeness (QED) is 0.672. The first kappa shape index (κ1) is 15.2. The topological polar surface area (TPSA) is 17.1 Å². The molecule has 124 valence electrons. The van der Waals surface area contributed by atoms with E-state index in [-0.39, 0.29) is 0 Å². The number of carbonyl (C=O) groups is 1. The van der Waals surface area contributed by atoms with Gasteiger partial charge in [0, 0.05) is 12.8 Å². The monoisotopic (exact) mass is 302 g/mol. The Hall–Kier alpha value is -0.330. The van der Waals surface area contributed by atoms with Crippen molar-refractivity contribution in [3.8, 4) is 0 Å². The van der Waals surface area contributed by atoms with Crippen molar-refractivity contribution < 1.29 is 4.79 Å². The maximum absolute atomic E-state index is 12.9. The standard InChI is InChI=1S/C21H34O/c1-20(2)15-7-5-13(9-15)18(20)11-17(22)12-19-14-6-8-16(10-14)21(19,3)4/h13-16,18-19H,5-12H2,1-4H3. The summed E-state index contributed by atoms with van der Waals surface area (Å²) in [5.41, 5.74) is 0.839. The van der Waals surface area contributed by atoms with E-state index in [2.05, 4.69) is 27.7 Å². The smallest absolute Gasteiger partial charge is 0.133 e. The van der Waals surface area contributed by atoms with E-state index in [1.165, 1.54) is 38.5 Å². The molecule has 0 aliphatic heterocycles. The first-order chi connectivity index (χ1) is 10.3. The summed E-state index contributed by atoms with van der Waals surface area (Å²) in [6.07, 6.45) is 10.2. The summed E-state index contributed by atoms with van der Waals surface area (Å²) in [4.78, 5) is 12.9. The van der Waals surface area contributed by atoms with Gasteiger partial charge in [0.1, 0.15) is 5.78 Å². The molecule has 0 radical (unpaired) electrons. The van der Waals surface area contributed by atoms with E-state index in [0.29, 0.717) is 28.4 Å². The predicted molar refractivity (Wildman–Crippen MR) is 90.4 cm³/mol. The van der Waals surface area contributed by atoms with Gasteiger partial charge in [-0.2, -0.15) is 0 Å². The highest BCUT2D eigenvalue weighted by molar-refractivity contribution is 5.79. The highest BCUT2D eigenvalue weighted by Crippen LogP contribution is 2.62. The molecular weight excluding hydrogens is 268 g/mol. The molecule has 0 aromatic heterocycles. The minimum Gasteiger partial charge on any atom is -0.300 e. The van der Waals surface area contributed by atoms with Crippen LogP contribution in [0.15, 0.2) is 0 Å². The van der Waals surface area contributed by atoms with Gasteiger partial charge < -0.3 is 0 Å². The van der Waals surface area contributed by atoms with Gasteiger partial charge in [-0.25, -0.2) is 0 Å². The van der Waals surface area contributed by atoms with Crippen LogP contribution in [0, 0.1) is 46.3 Å². The Labute approximate surface area is 136 Å². The Morgan fingerprint density at radius 2 is 1.18 bits per heavy atom. The normalized spacial score (nSPS) is 47.3. The van der Waals surface area contributed by atoms with E-state index < -0.39 is 0 Å². The van der Waals surface area contributed by atoms with Crippen LogP contribution in [-0.2, 0) is 4.79 Å². The fraction of sp³-hybridized carbons (Fsp3) is 0.952. The van der Waals surface area contributed by atoms with E-state index >= 15 is 0 Å².